The lowest BCUT2D eigenvalue weighted by molar-refractivity contribution is 0.340. The number of nitrogens with zero attached hydrogens (tertiary/aromatic N) is 2. The van der Waals surface area contributed by atoms with E-state index in [0.29, 0.717) is 5.92 Å². The normalized spacial score (nSPS) is 30.4. The van der Waals surface area contributed by atoms with Gasteiger partial charge in [0.1, 0.15) is 12.2 Å². The van der Waals surface area contributed by atoms with Gasteiger partial charge in [0.15, 0.2) is 0 Å². The SMILES string of the molecule is C[C@H]1CC[C@@H](c2nnc[nH]2)CC1. The predicted molar refractivity (Wildman–Crippen MR) is 46.8 cm³/mol. The van der Waals surface area contributed by atoms with Gasteiger partial charge in [0.05, 0.1) is 0 Å². The van der Waals surface area contributed by atoms with Crippen LogP contribution in [0.25, 0.3) is 0 Å². The first kappa shape index (κ1) is 7.77. The number of aromatic amines is 1. The standard InChI is InChI=1S/C9H15N3/c1-7-2-4-8(5-3-7)9-10-6-11-12-9/h6-8H,2-5H2,1H3,(H,10,11,12)/t7-,8+. The summed E-state index contributed by atoms with van der Waals surface area (Å²) in [5, 5.41) is 7.87. The number of hydrogen-bond donors (Lipinski definition) is 1. The molecule has 1 N–H and O–H groups in total. The first-order valence-corrected chi connectivity index (χ1v) is 4.72. The molecule has 1 aromatic heterocycles. The lowest BCUT2D eigenvalue weighted by atomic mass is 9.83. The van der Waals surface area contributed by atoms with Gasteiger partial charge in [0.2, 0.25) is 0 Å². The Bertz CT molecular complexity index is 222. The smallest absolute Gasteiger partial charge is 0.133 e. The van der Waals surface area contributed by atoms with Crippen LogP contribution in [0.3, 0.4) is 0 Å². The number of rotatable bonds is 1. The third kappa shape index (κ3) is 1.49. The quantitative estimate of drug-likeness (QED) is 0.692. The minimum Gasteiger partial charge on any atom is -0.331 e. The van der Waals surface area contributed by atoms with Crippen LogP contribution in [0.15, 0.2) is 6.33 Å². The van der Waals surface area contributed by atoms with Crippen LogP contribution in [0, 0.1) is 5.92 Å². The van der Waals surface area contributed by atoms with Crippen LogP contribution in [-0.4, -0.2) is 15.2 Å². The molecule has 0 saturated heterocycles. The van der Waals surface area contributed by atoms with Crippen LogP contribution in [0.5, 0.6) is 0 Å². The summed E-state index contributed by atoms with van der Waals surface area (Å²) in [4.78, 5) is 3.10. The molecule has 1 aliphatic rings. The second-order valence-electron chi connectivity index (χ2n) is 3.83. The largest absolute Gasteiger partial charge is 0.331 e. The van der Waals surface area contributed by atoms with Crippen LogP contribution < -0.4 is 0 Å². The molecule has 0 amide bonds. The van der Waals surface area contributed by atoms with Crippen molar-refractivity contribution in [1.29, 1.82) is 0 Å². The maximum Gasteiger partial charge on any atom is 0.133 e. The summed E-state index contributed by atoms with van der Waals surface area (Å²) in [6.07, 6.45) is 6.90. The molecule has 0 bridgehead atoms. The van der Waals surface area contributed by atoms with Crippen molar-refractivity contribution in [1.82, 2.24) is 15.2 Å². The molecule has 0 atom stereocenters. The molecule has 1 aromatic rings. The summed E-state index contributed by atoms with van der Waals surface area (Å²) < 4.78 is 0. The van der Waals surface area contributed by atoms with Crippen molar-refractivity contribution >= 4 is 0 Å². The van der Waals surface area contributed by atoms with Crippen LogP contribution in [0.4, 0.5) is 0 Å². The van der Waals surface area contributed by atoms with E-state index in [9.17, 15) is 0 Å². The fourth-order valence-corrected chi connectivity index (χ4v) is 1.95. The number of nitrogens with one attached hydrogen (secondary N) is 1. The lowest BCUT2D eigenvalue weighted by Crippen LogP contribution is -2.11. The zero-order valence-corrected chi connectivity index (χ0v) is 7.45. The monoisotopic (exact) mass is 165 g/mol. The van der Waals surface area contributed by atoms with Crippen LogP contribution >= 0.6 is 0 Å². The Balaban J connectivity index is 1.99. The molecule has 1 heterocycles. The molecule has 1 aliphatic carbocycles. The average Bonchev–Trinajstić information content (AvgIpc) is 2.58. The maximum absolute atomic E-state index is 4.06. The molecule has 0 aromatic carbocycles. The van der Waals surface area contributed by atoms with E-state index in [4.69, 9.17) is 0 Å². The molecule has 0 radical (unpaired) electrons. The fraction of sp³-hybridized carbons (Fsp3) is 0.778. The number of aromatic nitrogens is 3. The molecule has 1 fully saturated rings. The van der Waals surface area contributed by atoms with E-state index in [1.54, 1.807) is 6.33 Å². The Morgan fingerprint density at radius 1 is 1.33 bits per heavy atom. The Kier molecular flexibility index (Phi) is 2.11. The van der Waals surface area contributed by atoms with Crippen molar-refractivity contribution in [2.45, 2.75) is 38.5 Å². The molecule has 0 aliphatic heterocycles. The first-order valence-electron chi connectivity index (χ1n) is 4.72. The van der Waals surface area contributed by atoms with E-state index in [2.05, 4.69) is 22.1 Å². The van der Waals surface area contributed by atoms with Crippen LogP contribution in [0.2, 0.25) is 0 Å². The highest BCUT2D eigenvalue weighted by Gasteiger charge is 2.21. The molecule has 3 heteroatoms. The van der Waals surface area contributed by atoms with Gasteiger partial charge < -0.3 is 4.98 Å². The second-order valence-corrected chi connectivity index (χ2v) is 3.83. The van der Waals surface area contributed by atoms with Gasteiger partial charge in [-0.15, -0.1) is 10.2 Å². The van der Waals surface area contributed by atoms with E-state index < -0.39 is 0 Å². The van der Waals surface area contributed by atoms with Gasteiger partial charge in [0.25, 0.3) is 0 Å². The van der Waals surface area contributed by atoms with Crippen molar-refractivity contribution in [2.75, 3.05) is 0 Å². The zero-order valence-electron chi connectivity index (χ0n) is 7.45. The highest BCUT2D eigenvalue weighted by Crippen LogP contribution is 2.33. The maximum atomic E-state index is 4.06. The summed E-state index contributed by atoms with van der Waals surface area (Å²) in [5.74, 6) is 2.63. The van der Waals surface area contributed by atoms with Gasteiger partial charge in [-0.1, -0.05) is 19.8 Å². The Labute approximate surface area is 72.6 Å². The third-order valence-electron chi connectivity index (χ3n) is 2.84. The number of hydrogen-bond acceptors (Lipinski definition) is 2. The third-order valence-corrected chi connectivity index (χ3v) is 2.84. The summed E-state index contributed by atoms with van der Waals surface area (Å²) >= 11 is 0. The Hall–Kier alpha value is -0.860. The highest BCUT2D eigenvalue weighted by atomic mass is 15.2. The van der Waals surface area contributed by atoms with Crippen LogP contribution in [0.1, 0.15) is 44.3 Å². The molecule has 1 saturated carbocycles. The molecule has 3 nitrogen and oxygen atoms in total. The molecule has 0 spiro atoms. The minimum absolute atomic E-state index is 0.642. The van der Waals surface area contributed by atoms with Gasteiger partial charge in [0, 0.05) is 5.92 Å². The van der Waals surface area contributed by atoms with Crippen LogP contribution in [-0.2, 0) is 0 Å². The van der Waals surface area contributed by atoms with Gasteiger partial charge in [-0.25, -0.2) is 0 Å². The molecule has 66 valence electrons. The van der Waals surface area contributed by atoms with E-state index in [0.717, 1.165) is 11.7 Å². The first-order chi connectivity index (χ1) is 5.86. The van der Waals surface area contributed by atoms with Gasteiger partial charge in [-0.3, -0.25) is 0 Å². The van der Waals surface area contributed by atoms with Gasteiger partial charge in [-0.2, -0.15) is 0 Å². The lowest BCUT2D eigenvalue weighted by Gasteiger charge is -2.23. The Morgan fingerprint density at radius 2 is 2.08 bits per heavy atom. The Morgan fingerprint density at radius 3 is 2.67 bits per heavy atom. The van der Waals surface area contributed by atoms with Crippen molar-refractivity contribution in [3.05, 3.63) is 12.2 Å². The van der Waals surface area contributed by atoms with E-state index in [-0.39, 0.29) is 0 Å². The topological polar surface area (TPSA) is 41.6 Å². The summed E-state index contributed by atoms with van der Waals surface area (Å²) in [6.45, 7) is 2.33. The summed E-state index contributed by atoms with van der Waals surface area (Å²) in [6, 6.07) is 0. The van der Waals surface area contributed by atoms with Gasteiger partial charge in [-0.05, 0) is 18.8 Å². The number of H-pyrrole nitrogens is 1. The molecule has 0 unspecified atom stereocenters. The second kappa shape index (κ2) is 3.25. The summed E-state index contributed by atoms with van der Waals surface area (Å²) in [5.41, 5.74) is 0. The van der Waals surface area contributed by atoms with Gasteiger partial charge >= 0.3 is 0 Å². The predicted octanol–water partition coefficient (Wildman–Crippen LogP) is 2.10. The van der Waals surface area contributed by atoms with E-state index >= 15 is 0 Å². The molecule has 2 rings (SSSR count). The van der Waals surface area contributed by atoms with E-state index in [1.807, 2.05) is 0 Å². The van der Waals surface area contributed by atoms with Crippen molar-refractivity contribution in [3.8, 4) is 0 Å². The average molecular weight is 165 g/mol. The fourth-order valence-electron chi connectivity index (χ4n) is 1.95. The molecular formula is C9H15N3. The molecule has 12 heavy (non-hydrogen) atoms. The molecular weight excluding hydrogens is 150 g/mol. The van der Waals surface area contributed by atoms with Crippen molar-refractivity contribution < 1.29 is 0 Å². The van der Waals surface area contributed by atoms with Crippen molar-refractivity contribution in [2.24, 2.45) is 5.92 Å². The highest BCUT2D eigenvalue weighted by molar-refractivity contribution is 4.94. The summed E-state index contributed by atoms with van der Waals surface area (Å²) in [7, 11) is 0. The zero-order chi connectivity index (χ0) is 8.39. The van der Waals surface area contributed by atoms with E-state index in [1.165, 1.54) is 25.7 Å². The van der Waals surface area contributed by atoms with Crippen molar-refractivity contribution in [3.63, 3.8) is 0 Å². The minimum atomic E-state index is 0.642.